The maximum atomic E-state index is 12.5. The Labute approximate surface area is 149 Å². The number of aliphatic carboxylic acids is 1. The highest BCUT2D eigenvalue weighted by molar-refractivity contribution is 5.79. The number of amides is 1. The molecule has 1 unspecified atom stereocenters. The lowest BCUT2D eigenvalue weighted by Crippen LogP contribution is -2.38. The largest absolute Gasteiger partial charge is 0.496 e. The number of carboxylic acid groups (broad SMARTS) is 1. The van der Waals surface area contributed by atoms with Gasteiger partial charge in [0.2, 0.25) is 5.91 Å². The van der Waals surface area contributed by atoms with E-state index in [9.17, 15) is 9.59 Å². The minimum Gasteiger partial charge on any atom is -0.496 e. The van der Waals surface area contributed by atoms with E-state index in [-0.39, 0.29) is 24.8 Å². The summed E-state index contributed by atoms with van der Waals surface area (Å²) >= 11 is 0. The molecule has 138 valence electrons. The number of para-hydroxylation sites is 1. The van der Waals surface area contributed by atoms with Crippen molar-refractivity contribution in [2.45, 2.75) is 63.8 Å². The first-order valence-electron chi connectivity index (χ1n) is 9.21. The molecule has 1 aliphatic rings. The van der Waals surface area contributed by atoms with E-state index in [1.54, 1.807) is 7.11 Å². The molecule has 0 aromatic heterocycles. The Balaban J connectivity index is 1.93. The molecule has 1 aromatic rings. The summed E-state index contributed by atoms with van der Waals surface area (Å²) in [5.74, 6) is 0.412. The first-order chi connectivity index (χ1) is 12.1. The summed E-state index contributed by atoms with van der Waals surface area (Å²) in [4.78, 5) is 23.4. The van der Waals surface area contributed by atoms with Gasteiger partial charge in [-0.1, -0.05) is 50.3 Å². The molecule has 0 heterocycles. The molecule has 1 saturated carbocycles. The van der Waals surface area contributed by atoms with Gasteiger partial charge in [0.15, 0.2) is 0 Å². The zero-order valence-electron chi connectivity index (χ0n) is 15.0. The molecule has 2 rings (SSSR count). The normalized spacial score (nSPS) is 16.2. The number of nitrogens with one attached hydrogen (secondary N) is 1. The summed E-state index contributed by atoms with van der Waals surface area (Å²) in [6, 6.07) is 7.41. The Morgan fingerprint density at radius 3 is 2.64 bits per heavy atom. The summed E-state index contributed by atoms with van der Waals surface area (Å²) in [5.41, 5.74) is 0.845. The monoisotopic (exact) mass is 347 g/mol. The standard InChI is InChI=1S/C20H29NO4/c1-25-18-10-6-5-9-16(18)14-19(22)21-17(11-12-20(23)24)13-15-7-3-2-4-8-15/h5-6,9-10,15,17H,2-4,7-8,11-14H2,1H3,(H,21,22)(H,23,24). The van der Waals surface area contributed by atoms with Gasteiger partial charge < -0.3 is 15.2 Å². The van der Waals surface area contributed by atoms with Crippen molar-refractivity contribution < 1.29 is 19.4 Å². The van der Waals surface area contributed by atoms with Gasteiger partial charge in [0.05, 0.1) is 13.5 Å². The van der Waals surface area contributed by atoms with Crippen molar-refractivity contribution in [2.24, 2.45) is 5.92 Å². The Morgan fingerprint density at radius 2 is 1.96 bits per heavy atom. The number of ether oxygens (including phenoxy) is 1. The summed E-state index contributed by atoms with van der Waals surface area (Å²) in [6.07, 6.45) is 7.85. The van der Waals surface area contributed by atoms with Crippen molar-refractivity contribution in [1.82, 2.24) is 5.32 Å². The Morgan fingerprint density at radius 1 is 1.24 bits per heavy atom. The fourth-order valence-electron chi connectivity index (χ4n) is 3.67. The van der Waals surface area contributed by atoms with Crippen LogP contribution in [0.5, 0.6) is 5.75 Å². The quantitative estimate of drug-likeness (QED) is 0.716. The van der Waals surface area contributed by atoms with Crippen molar-refractivity contribution in [2.75, 3.05) is 7.11 Å². The molecular weight excluding hydrogens is 318 g/mol. The van der Waals surface area contributed by atoms with Crippen molar-refractivity contribution in [1.29, 1.82) is 0 Å². The molecule has 0 aliphatic heterocycles. The van der Waals surface area contributed by atoms with Gasteiger partial charge in [-0.25, -0.2) is 0 Å². The van der Waals surface area contributed by atoms with E-state index in [1.165, 1.54) is 32.1 Å². The minimum absolute atomic E-state index is 0.0681. The molecule has 1 aliphatic carbocycles. The highest BCUT2D eigenvalue weighted by Gasteiger charge is 2.21. The molecule has 0 radical (unpaired) electrons. The predicted molar refractivity (Wildman–Crippen MR) is 96.7 cm³/mol. The van der Waals surface area contributed by atoms with Crippen LogP contribution in [0.2, 0.25) is 0 Å². The van der Waals surface area contributed by atoms with E-state index in [2.05, 4.69) is 5.32 Å². The number of carbonyl (C=O) groups excluding carboxylic acids is 1. The molecule has 25 heavy (non-hydrogen) atoms. The molecule has 1 amide bonds. The zero-order valence-corrected chi connectivity index (χ0v) is 15.0. The highest BCUT2D eigenvalue weighted by Crippen LogP contribution is 2.28. The summed E-state index contributed by atoms with van der Waals surface area (Å²) in [6.45, 7) is 0. The van der Waals surface area contributed by atoms with Crippen LogP contribution in [0.1, 0.15) is 56.9 Å². The zero-order chi connectivity index (χ0) is 18.1. The van der Waals surface area contributed by atoms with Crippen LogP contribution in [-0.4, -0.2) is 30.1 Å². The third-order valence-electron chi connectivity index (χ3n) is 4.96. The second-order valence-corrected chi connectivity index (χ2v) is 6.93. The molecule has 0 bridgehead atoms. The van der Waals surface area contributed by atoms with E-state index in [0.717, 1.165) is 12.0 Å². The third-order valence-corrected chi connectivity index (χ3v) is 4.96. The Bertz CT molecular complexity index is 567. The fourth-order valence-corrected chi connectivity index (χ4v) is 3.67. The van der Waals surface area contributed by atoms with Gasteiger partial charge in [0.1, 0.15) is 5.75 Å². The SMILES string of the molecule is COc1ccccc1CC(=O)NC(CCC(=O)O)CC1CCCCC1. The van der Waals surface area contributed by atoms with Gasteiger partial charge in [-0.15, -0.1) is 0 Å². The Hall–Kier alpha value is -2.04. The van der Waals surface area contributed by atoms with Crippen molar-refractivity contribution >= 4 is 11.9 Å². The van der Waals surface area contributed by atoms with Gasteiger partial charge in [-0.3, -0.25) is 9.59 Å². The summed E-state index contributed by atoms with van der Waals surface area (Å²) in [7, 11) is 1.59. The number of benzene rings is 1. The van der Waals surface area contributed by atoms with E-state index in [4.69, 9.17) is 9.84 Å². The average molecular weight is 347 g/mol. The summed E-state index contributed by atoms with van der Waals surface area (Å²) in [5, 5.41) is 12.0. The van der Waals surface area contributed by atoms with Gasteiger partial charge in [0.25, 0.3) is 0 Å². The van der Waals surface area contributed by atoms with Crippen LogP contribution in [0.3, 0.4) is 0 Å². The first-order valence-corrected chi connectivity index (χ1v) is 9.21. The van der Waals surface area contributed by atoms with Gasteiger partial charge in [-0.05, 0) is 24.8 Å². The molecule has 0 saturated heterocycles. The van der Waals surface area contributed by atoms with Gasteiger partial charge in [-0.2, -0.15) is 0 Å². The van der Waals surface area contributed by atoms with Gasteiger partial charge >= 0.3 is 5.97 Å². The van der Waals surface area contributed by atoms with E-state index in [1.807, 2.05) is 24.3 Å². The van der Waals surface area contributed by atoms with Gasteiger partial charge in [0, 0.05) is 18.0 Å². The topological polar surface area (TPSA) is 75.6 Å². The smallest absolute Gasteiger partial charge is 0.303 e. The summed E-state index contributed by atoms with van der Waals surface area (Å²) < 4.78 is 5.29. The van der Waals surface area contributed by atoms with Crippen molar-refractivity contribution in [3.05, 3.63) is 29.8 Å². The second kappa shape index (κ2) is 10.1. The lowest BCUT2D eigenvalue weighted by Gasteiger charge is -2.27. The molecule has 5 heteroatoms. The fraction of sp³-hybridized carbons (Fsp3) is 0.600. The van der Waals surface area contributed by atoms with Crippen LogP contribution in [0, 0.1) is 5.92 Å². The van der Waals surface area contributed by atoms with Crippen molar-refractivity contribution in [3.8, 4) is 5.75 Å². The van der Waals surface area contributed by atoms with Crippen LogP contribution in [0.15, 0.2) is 24.3 Å². The lowest BCUT2D eigenvalue weighted by atomic mass is 9.84. The third kappa shape index (κ3) is 6.77. The van der Waals surface area contributed by atoms with E-state index in [0.29, 0.717) is 18.1 Å². The molecular formula is C20H29NO4. The molecule has 1 fully saturated rings. The van der Waals surface area contributed by atoms with Crippen LogP contribution < -0.4 is 10.1 Å². The lowest BCUT2D eigenvalue weighted by molar-refractivity contribution is -0.137. The molecule has 1 aromatic carbocycles. The predicted octanol–water partition coefficient (Wildman–Crippen LogP) is 3.56. The average Bonchev–Trinajstić information content (AvgIpc) is 2.61. The van der Waals surface area contributed by atoms with Crippen LogP contribution in [0.4, 0.5) is 0 Å². The molecule has 0 spiro atoms. The minimum atomic E-state index is -0.812. The number of carboxylic acids is 1. The highest BCUT2D eigenvalue weighted by atomic mass is 16.5. The number of hydrogen-bond donors (Lipinski definition) is 2. The van der Waals surface area contributed by atoms with Crippen LogP contribution in [0.25, 0.3) is 0 Å². The van der Waals surface area contributed by atoms with Crippen molar-refractivity contribution in [3.63, 3.8) is 0 Å². The number of methoxy groups -OCH3 is 1. The number of carbonyl (C=O) groups is 2. The van der Waals surface area contributed by atoms with Crippen LogP contribution >= 0.6 is 0 Å². The molecule has 5 nitrogen and oxygen atoms in total. The van der Waals surface area contributed by atoms with E-state index < -0.39 is 5.97 Å². The van der Waals surface area contributed by atoms with Crippen LogP contribution in [-0.2, 0) is 16.0 Å². The number of hydrogen-bond acceptors (Lipinski definition) is 3. The molecule has 2 N–H and O–H groups in total. The Kier molecular flexibility index (Phi) is 7.76. The maximum absolute atomic E-state index is 12.5. The maximum Gasteiger partial charge on any atom is 0.303 e. The molecule has 1 atom stereocenters. The first kappa shape index (κ1) is 19.3. The second-order valence-electron chi connectivity index (χ2n) is 6.93. The number of rotatable bonds is 9. The van der Waals surface area contributed by atoms with E-state index >= 15 is 0 Å².